The average Bonchev–Trinajstić information content (AvgIpc) is 2.72. The lowest BCUT2D eigenvalue weighted by Crippen LogP contribution is -2.34. The summed E-state index contributed by atoms with van der Waals surface area (Å²) in [4.78, 5) is 1.17. The van der Waals surface area contributed by atoms with Crippen LogP contribution in [0.1, 0.15) is 30.2 Å². The van der Waals surface area contributed by atoms with Gasteiger partial charge in [-0.05, 0) is 42.6 Å². The third kappa shape index (κ3) is 4.83. The van der Waals surface area contributed by atoms with Gasteiger partial charge in [-0.3, -0.25) is 0 Å². The van der Waals surface area contributed by atoms with Crippen molar-refractivity contribution in [1.29, 1.82) is 0 Å². The van der Waals surface area contributed by atoms with E-state index in [1.165, 1.54) is 10.4 Å². The van der Waals surface area contributed by atoms with E-state index in [9.17, 15) is 0 Å². The van der Waals surface area contributed by atoms with E-state index in [0.29, 0.717) is 5.11 Å². The van der Waals surface area contributed by atoms with Gasteiger partial charge in [0.2, 0.25) is 0 Å². The molecule has 1 N–H and O–H groups in total. The van der Waals surface area contributed by atoms with Crippen molar-refractivity contribution in [2.75, 3.05) is 13.6 Å². The molecule has 0 spiro atoms. The molecule has 0 fully saturated rings. The van der Waals surface area contributed by atoms with E-state index in [1.807, 2.05) is 13.3 Å². The molecule has 0 saturated carbocycles. The minimum atomic E-state index is 0.670. The van der Waals surface area contributed by atoms with Gasteiger partial charge in [-0.2, -0.15) is 5.10 Å². The molecule has 0 aliphatic rings. The summed E-state index contributed by atoms with van der Waals surface area (Å²) in [6, 6.07) is 2.09. The lowest BCUT2D eigenvalue weighted by atomic mass is 10.3. The van der Waals surface area contributed by atoms with Crippen LogP contribution in [0.25, 0.3) is 0 Å². The number of rotatable bonds is 5. The monoisotopic (exact) mass is 269 g/mol. The highest BCUT2D eigenvalue weighted by atomic mass is 32.1. The maximum absolute atomic E-state index is 5.22. The van der Waals surface area contributed by atoms with E-state index in [4.69, 9.17) is 12.2 Å². The molecule has 1 heterocycles. The molecule has 0 unspecified atom stereocenters. The van der Waals surface area contributed by atoms with Crippen LogP contribution in [0.3, 0.4) is 0 Å². The van der Waals surface area contributed by atoms with Crippen LogP contribution in [0.2, 0.25) is 0 Å². The molecule has 0 aliphatic carbocycles. The molecule has 0 bridgehead atoms. The first-order valence-corrected chi connectivity index (χ1v) is 7.03. The quantitative estimate of drug-likeness (QED) is 0.385. The number of thiocarbonyl (C=S) groups is 1. The number of unbranched alkanes of at least 4 members (excludes halogenated alkanes) is 1. The van der Waals surface area contributed by atoms with Gasteiger partial charge in [0.05, 0.1) is 6.21 Å². The SMILES string of the molecule is CCCCNC(=S)N(C)/N=C\c1sccc1C. The second kappa shape index (κ2) is 7.40. The van der Waals surface area contributed by atoms with Crippen molar-refractivity contribution in [3.63, 3.8) is 0 Å². The van der Waals surface area contributed by atoms with Gasteiger partial charge in [-0.1, -0.05) is 13.3 Å². The summed E-state index contributed by atoms with van der Waals surface area (Å²) in [5.41, 5.74) is 1.25. The zero-order chi connectivity index (χ0) is 12.7. The second-order valence-corrected chi connectivity index (χ2v) is 5.16. The predicted octanol–water partition coefficient (Wildman–Crippen LogP) is 3.00. The Morgan fingerprint density at radius 2 is 2.41 bits per heavy atom. The van der Waals surface area contributed by atoms with Gasteiger partial charge < -0.3 is 5.32 Å². The van der Waals surface area contributed by atoms with Crippen LogP contribution in [0, 0.1) is 6.92 Å². The highest BCUT2D eigenvalue weighted by Gasteiger charge is 2.01. The fourth-order valence-corrected chi connectivity index (χ4v) is 2.12. The summed E-state index contributed by atoms with van der Waals surface area (Å²) in [6.45, 7) is 5.15. The van der Waals surface area contributed by atoms with Gasteiger partial charge in [0.15, 0.2) is 5.11 Å². The van der Waals surface area contributed by atoms with Crippen molar-refractivity contribution in [2.24, 2.45) is 5.10 Å². The van der Waals surface area contributed by atoms with E-state index >= 15 is 0 Å². The van der Waals surface area contributed by atoms with Gasteiger partial charge in [0.25, 0.3) is 0 Å². The van der Waals surface area contributed by atoms with Crippen molar-refractivity contribution in [3.8, 4) is 0 Å². The molecule has 5 heteroatoms. The van der Waals surface area contributed by atoms with Gasteiger partial charge >= 0.3 is 0 Å². The molecule has 3 nitrogen and oxygen atoms in total. The highest BCUT2D eigenvalue weighted by molar-refractivity contribution is 7.80. The van der Waals surface area contributed by atoms with Crippen molar-refractivity contribution in [3.05, 3.63) is 21.9 Å². The molecule has 0 aromatic carbocycles. The first-order chi connectivity index (χ1) is 8.15. The minimum absolute atomic E-state index is 0.670. The van der Waals surface area contributed by atoms with Crippen LogP contribution in [0.5, 0.6) is 0 Å². The Labute approximate surface area is 113 Å². The minimum Gasteiger partial charge on any atom is -0.361 e. The maximum atomic E-state index is 5.22. The third-order valence-corrected chi connectivity index (χ3v) is 3.71. The molecule has 1 aromatic heterocycles. The summed E-state index contributed by atoms with van der Waals surface area (Å²) in [6.07, 6.45) is 4.15. The molecule has 1 aromatic rings. The fraction of sp³-hybridized carbons (Fsp3) is 0.500. The van der Waals surface area contributed by atoms with Crippen LogP contribution in [-0.4, -0.2) is 29.9 Å². The third-order valence-electron chi connectivity index (χ3n) is 2.35. The topological polar surface area (TPSA) is 27.6 Å². The van der Waals surface area contributed by atoms with E-state index < -0.39 is 0 Å². The molecule has 0 aliphatic heterocycles. The van der Waals surface area contributed by atoms with E-state index in [2.05, 4.69) is 35.7 Å². The van der Waals surface area contributed by atoms with E-state index in [0.717, 1.165) is 19.4 Å². The number of thiophene rings is 1. The van der Waals surface area contributed by atoms with E-state index in [-0.39, 0.29) is 0 Å². The zero-order valence-corrected chi connectivity index (χ0v) is 12.2. The van der Waals surface area contributed by atoms with Crippen molar-refractivity contribution in [1.82, 2.24) is 10.3 Å². The number of nitrogens with zero attached hydrogens (tertiary/aromatic N) is 2. The average molecular weight is 269 g/mol. The van der Waals surface area contributed by atoms with Crippen molar-refractivity contribution < 1.29 is 0 Å². The van der Waals surface area contributed by atoms with Crippen LogP contribution in [0.15, 0.2) is 16.5 Å². The summed E-state index contributed by atoms with van der Waals surface area (Å²) in [5, 5.41) is 11.9. The Kier molecular flexibility index (Phi) is 6.15. The van der Waals surface area contributed by atoms with Gasteiger partial charge in [0, 0.05) is 18.5 Å². The molecule has 0 radical (unpaired) electrons. The Morgan fingerprint density at radius 1 is 1.65 bits per heavy atom. The molecule has 94 valence electrons. The van der Waals surface area contributed by atoms with Crippen molar-refractivity contribution in [2.45, 2.75) is 26.7 Å². The van der Waals surface area contributed by atoms with Gasteiger partial charge in [-0.15, -0.1) is 11.3 Å². The number of nitrogens with one attached hydrogen (secondary N) is 1. The molecule has 0 atom stereocenters. The smallest absolute Gasteiger partial charge is 0.189 e. The Bertz CT molecular complexity index is 385. The maximum Gasteiger partial charge on any atom is 0.189 e. The van der Waals surface area contributed by atoms with Crippen LogP contribution in [0.4, 0.5) is 0 Å². The van der Waals surface area contributed by atoms with Gasteiger partial charge in [0.1, 0.15) is 0 Å². The summed E-state index contributed by atoms with van der Waals surface area (Å²) in [5.74, 6) is 0. The first-order valence-electron chi connectivity index (χ1n) is 5.74. The molecular weight excluding hydrogens is 250 g/mol. The largest absolute Gasteiger partial charge is 0.361 e. The van der Waals surface area contributed by atoms with Crippen LogP contribution in [-0.2, 0) is 0 Å². The second-order valence-electron chi connectivity index (χ2n) is 3.82. The molecule has 0 saturated heterocycles. The predicted molar refractivity (Wildman–Crippen MR) is 79.9 cm³/mol. The molecular formula is C12H19N3S2. The normalized spacial score (nSPS) is 10.8. The van der Waals surface area contributed by atoms with Crippen LogP contribution >= 0.6 is 23.6 Å². The summed E-state index contributed by atoms with van der Waals surface area (Å²) >= 11 is 6.91. The standard InChI is InChI=1S/C12H19N3S2/c1-4-5-7-13-12(16)15(3)14-9-11-10(2)6-8-17-11/h6,8-9H,4-5,7H2,1-3H3,(H,13,16)/b14-9-. The lowest BCUT2D eigenvalue weighted by molar-refractivity contribution is 0.530. The summed E-state index contributed by atoms with van der Waals surface area (Å²) < 4.78 is 0. The lowest BCUT2D eigenvalue weighted by Gasteiger charge is -2.15. The highest BCUT2D eigenvalue weighted by Crippen LogP contribution is 2.12. The number of aryl methyl sites for hydroxylation is 1. The Balaban J connectivity index is 2.43. The molecule has 0 amide bonds. The summed E-state index contributed by atoms with van der Waals surface area (Å²) in [7, 11) is 1.86. The van der Waals surface area contributed by atoms with Crippen molar-refractivity contribution >= 4 is 34.9 Å². The number of hydrogen-bond acceptors (Lipinski definition) is 3. The van der Waals surface area contributed by atoms with Gasteiger partial charge in [-0.25, -0.2) is 5.01 Å². The number of hydrogen-bond donors (Lipinski definition) is 1. The number of hydrazone groups is 1. The molecule has 17 heavy (non-hydrogen) atoms. The van der Waals surface area contributed by atoms with E-state index in [1.54, 1.807) is 16.3 Å². The fourth-order valence-electron chi connectivity index (χ4n) is 1.19. The Morgan fingerprint density at radius 3 is 3.00 bits per heavy atom. The molecule has 1 rings (SSSR count). The first kappa shape index (κ1) is 14.1. The van der Waals surface area contributed by atoms with Crippen LogP contribution < -0.4 is 5.32 Å². The Hall–Kier alpha value is -0.940. The zero-order valence-electron chi connectivity index (χ0n) is 10.6.